The molecule has 0 aliphatic carbocycles. The molecule has 0 spiro atoms. The Morgan fingerprint density at radius 3 is 2.54 bits per heavy atom. The molecule has 2 amide bonds. The molecule has 2 atom stereocenters. The molecule has 0 radical (unpaired) electrons. The molecule has 2 fully saturated rings. The summed E-state index contributed by atoms with van der Waals surface area (Å²) in [4.78, 5) is 28.7. The minimum atomic E-state index is -0.313. The van der Waals surface area contributed by atoms with E-state index >= 15 is 0 Å². The average Bonchev–Trinajstić information content (AvgIpc) is 3.35. The fraction of sp³-hybridized carbons (Fsp3) is 0.400. The fourth-order valence-electron chi connectivity index (χ4n) is 3.66. The Balaban J connectivity index is 1.34. The lowest BCUT2D eigenvalue weighted by molar-refractivity contribution is -0.135. The molecule has 3 heterocycles. The Labute approximate surface area is 163 Å². The van der Waals surface area contributed by atoms with Gasteiger partial charge in [-0.1, -0.05) is 18.2 Å². The van der Waals surface area contributed by atoms with Crippen LogP contribution in [0.25, 0.3) is 0 Å². The standard InChI is InChI=1S/C20H22N4O4/c1-27-17-7-8-18(22-21-17)28-16-9-10-23(13-16)20(26)14-11-19(25)24(12-14)15-5-3-2-4-6-15/h2-8,14,16H,9-13H2,1H3/t14-,16-/m0/s1. The van der Waals surface area contributed by atoms with Gasteiger partial charge < -0.3 is 19.3 Å². The Bertz CT molecular complexity index is 843. The number of rotatable bonds is 5. The number of hydrogen-bond donors (Lipinski definition) is 0. The summed E-state index contributed by atoms with van der Waals surface area (Å²) in [6, 6.07) is 12.8. The van der Waals surface area contributed by atoms with E-state index in [9.17, 15) is 9.59 Å². The van der Waals surface area contributed by atoms with E-state index < -0.39 is 0 Å². The van der Waals surface area contributed by atoms with Crippen molar-refractivity contribution < 1.29 is 19.1 Å². The van der Waals surface area contributed by atoms with Gasteiger partial charge in [-0.15, -0.1) is 10.2 Å². The second-order valence-electron chi connectivity index (χ2n) is 6.97. The van der Waals surface area contributed by atoms with Gasteiger partial charge in [0.15, 0.2) is 0 Å². The van der Waals surface area contributed by atoms with Crippen LogP contribution in [0.2, 0.25) is 0 Å². The molecule has 2 saturated heterocycles. The predicted molar refractivity (Wildman–Crippen MR) is 101 cm³/mol. The summed E-state index contributed by atoms with van der Waals surface area (Å²) >= 11 is 0. The number of aromatic nitrogens is 2. The van der Waals surface area contributed by atoms with Crippen LogP contribution in [-0.4, -0.2) is 59.8 Å². The van der Waals surface area contributed by atoms with Gasteiger partial charge in [0.1, 0.15) is 6.10 Å². The van der Waals surface area contributed by atoms with Gasteiger partial charge in [-0.2, -0.15) is 0 Å². The van der Waals surface area contributed by atoms with Crippen molar-refractivity contribution in [2.24, 2.45) is 5.92 Å². The third kappa shape index (κ3) is 3.76. The van der Waals surface area contributed by atoms with Crippen molar-refractivity contribution in [1.29, 1.82) is 0 Å². The maximum atomic E-state index is 12.9. The molecule has 0 unspecified atom stereocenters. The summed E-state index contributed by atoms with van der Waals surface area (Å²) in [6.45, 7) is 1.53. The average molecular weight is 382 g/mol. The number of anilines is 1. The van der Waals surface area contributed by atoms with Gasteiger partial charge in [0, 0.05) is 43.8 Å². The highest BCUT2D eigenvalue weighted by molar-refractivity contribution is 6.00. The van der Waals surface area contributed by atoms with Gasteiger partial charge in [0.05, 0.1) is 19.6 Å². The Hall–Kier alpha value is -3.16. The van der Waals surface area contributed by atoms with E-state index in [2.05, 4.69) is 10.2 Å². The van der Waals surface area contributed by atoms with Gasteiger partial charge in [0.2, 0.25) is 23.6 Å². The van der Waals surface area contributed by atoms with Crippen LogP contribution in [0.3, 0.4) is 0 Å². The number of ether oxygens (including phenoxy) is 2. The van der Waals surface area contributed by atoms with Crippen LogP contribution in [-0.2, 0) is 9.59 Å². The van der Waals surface area contributed by atoms with Gasteiger partial charge in [-0.3, -0.25) is 9.59 Å². The first kappa shape index (κ1) is 18.2. The second kappa shape index (κ2) is 7.84. The van der Waals surface area contributed by atoms with Gasteiger partial charge in [-0.25, -0.2) is 0 Å². The molecule has 2 aliphatic heterocycles. The molecule has 2 aliphatic rings. The fourth-order valence-corrected chi connectivity index (χ4v) is 3.66. The summed E-state index contributed by atoms with van der Waals surface area (Å²) in [5.41, 5.74) is 0.837. The number of para-hydroxylation sites is 1. The lowest BCUT2D eigenvalue weighted by Gasteiger charge is -2.21. The largest absolute Gasteiger partial charge is 0.480 e. The van der Waals surface area contributed by atoms with E-state index in [0.717, 1.165) is 12.1 Å². The molecule has 0 N–H and O–H groups in total. The first-order valence-corrected chi connectivity index (χ1v) is 9.32. The molecule has 8 nitrogen and oxygen atoms in total. The van der Waals surface area contributed by atoms with Crippen molar-refractivity contribution in [2.45, 2.75) is 18.9 Å². The number of likely N-dealkylation sites (tertiary alicyclic amines) is 1. The number of carbonyl (C=O) groups excluding carboxylic acids is 2. The molecule has 2 aromatic rings. The summed E-state index contributed by atoms with van der Waals surface area (Å²) in [7, 11) is 1.53. The zero-order valence-electron chi connectivity index (χ0n) is 15.7. The summed E-state index contributed by atoms with van der Waals surface area (Å²) in [6.07, 6.45) is 0.844. The molecule has 4 rings (SSSR count). The summed E-state index contributed by atoms with van der Waals surface area (Å²) in [5.74, 6) is 0.520. The van der Waals surface area contributed by atoms with E-state index in [-0.39, 0.29) is 30.3 Å². The lowest BCUT2D eigenvalue weighted by Crippen LogP contribution is -2.37. The number of hydrogen-bond acceptors (Lipinski definition) is 6. The molecule has 8 heteroatoms. The van der Waals surface area contributed by atoms with E-state index in [0.29, 0.717) is 31.4 Å². The maximum absolute atomic E-state index is 12.9. The quantitative estimate of drug-likeness (QED) is 0.780. The summed E-state index contributed by atoms with van der Waals surface area (Å²) in [5, 5.41) is 7.84. The van der Waals surface area contributed by atoms with Gasteiger partial charge in [0.25, 0.3) is 0 Å². The predicted octanol–water partition coefficient (Wildman–Crippen LogP) is 1.52. The number of benzene rings is 1. The number of methoxy groups -OCH3 is 1. The molecular weight excluding hydrogens is 360 g/mol. The third-order valence-corrected chi connectivity index (χ3v) is 5.11. The third-order valence-electron chi connectivity index (χ3n) is 5.11. The molecule has 1 aromatic heterocycles. The molecule has 146 valence electrons. The van der Waals surface area contributed by atoms with E-state index in [1.165, 1.54) is 7.11 Å². The SMILES string of the molecule is COc1ccc(O[C@H]2CCN(C(=O)[C@H]3CC(=O)N(c4ccccc4)C3)C2)nn1. The summed E-state index contributed by atoms with van der Waals surface area (Å²) < 4.78 is 10.8. The Morgan fingerprint density at radius 1 is 1.07 bits per heavy atom. The van der Waals surface area contributed by atoms with Gasteiger partial charge >= 0.3 is 0 Å². The van der Waals surface area contributed by atoms with Crippen molar-refractivity contribution in [3.8, 4) is 11.8 Å². The Kier molecular flexibility index (Phi) is 5.10. The highest BCUT2D eigenvalue weighted by atomic mass is 16.5. The topological polar surface area (TPSA) is 84.9 Å². The minimum absolute atomic E-state index is 0.00921. The van der Waals surface area contributed by atoms with Crippen LogP contribution < -0.4 is 14.4 Å². The first-order chi connectivity index (χ1) is 13.6. The van der Waals surface area contributed by atoms with Crippen LogP contribution in [0.5, 0.6) is 11.8 Å². The zero-order valence-corrected chi connectivity index (χ0v) is 15.7. The number of amides is 2. The van der Waals surface area contributed by atoms with Crippen LogP contribution in [0.15, 0.2) is 42.5 Å². The highest BCUT2D eigenvalue weighted by Crippen LogP contribution is 2.27. The zero-order chi connectivity index (χ0) is 19.5. The van der Waals surface area contributed by atoms with E-state index in [1.807, 2.05) is 30.3 Å². The Morgan fingerprint density at radius 2 is 1.82 bits per heavy atom. The van der Waals surface area contributed by atoms with Crippen molar-refractivity contribution >= 4 is 17.5 Å². The van der Waals surface area contributed by atoms with Crippen LogP contribution in [0, 0.1) is 5.92 Å². The van der Waals surface area contributed by atoms with Gasteiger partial charge in [-0.05, 0) is 12.1 Å². The monoisotopic (exact) mass is 382 g/mol. The lowest BCUT2D eigenvalue weighted by atomic mass is 10.1. The number of nitrogens with zero attached hydrogens (tertiary/aromatic N) is 4. The second-order valence-corrected chi connectivity index (χ2v) is 6.97. The van der Waals surface area contributed by atoms with Crippen LogP contribution in [0.4, 0.5) is 5.69 Å². The molecule has 0 saturated carbocycles. The molecule has 0 bridgehead atoms. The van der Waals surface area contributed by atoms with Crippen molar-refractivity contribution in [1.82, 2.24) is 15.1 Å². The minimum Gasteiger partial charge on any atom is -0.480 e. The van der Waals surface area contributed by atoms with Crippen LogP contribution in [0.1, 0.15) is 12.8 Å². The first-order valence-electron chi connectivity index (χ1n) is 9.32. The van der Waals surface area contributed by atoms with E-state index in [1.54, 1.807) is 21.9 Å². The maximum Gasteiger partial charge on any atom is 0.233 e. The molecule has 1 aromatic carbocycles. The van der Waals surface area contributed by atoms with Crippen molar-refractivity contribution in [3.05, 3.63) is 42.5 Å². The van der Waals surface area contributed by atoms with Crippen molar-refractivity contribution in [3.63, 3.8) is 0 Å². The molecule has 28 heavy (non-hydrogen) atoms. The van der Waals surface area contributed by atoms with Crippen molar-refractivity contribution in [2.75, 3.05) is 31.6 Å². The van der Waals surface area contributed by atoms with Crippen LogP contribution >= 0.6 is 0 Å². The smallest absolute Gasteiger partial charge is 0.233 e. The normalized spacial score (nSPS) is 21.8. The highest BCUT2D eigenvalue weighted by Gasteiger charge is 2.39. The number of carbonyl (C=O) groups is 2. The van der Waals surface area contributed by atoms with E-state index in [4.69, 9.17) is 9.47 Å². The molecular formula is C20H22N4O4.